The molecule has 32 heavy (non-hydrogen) atoms. The molecule has 9 heteroatoms. The molecular formula is C23H20N2O6S. The Balaban J connectivity index is 1.40. The number of ether oxygens (including phenoxy) is 2. The summed E-state index contributed by atoms with van der Waals surface area (Å²) in [6.45, 7) is 3.85. The van der Waals surface area contributed by atoms with Crippen LogP contribution >= 0.6 is 0 Å². The quantitative estimate of drug-likeness (QED) is 0.553. The third-order valence-corrected chi connectivity index (χ3v) is 7.64. The van der Waals surface area contributed by atoms with Crippen LogP contribution in [0.15, 0.2) is 53.4 Å². The minimum Gasteiger partial charge on any atom is -0.454 e. The first-order valence-corrected chi connectivity index (χ1v) is 11.5. The van der Waals surface area contributed by atoms with E-state index in [-0.39, 0.29) is 17.3 Å². The second-order valence-electron chi connectivity index (χ2n) is 7.79. The van der Waals surface area contributed by atoms with Crippen LogP contribution in [0.2, 0.25) is 0 Å². The number of benzene rings is 2. The molecule has 3 aromatic rings. The van der Waals surface area contributed by atoms with Gasteiger partial charge in [0.15, 0.2) is 17.3 Å². The number of rotatable bonds is 5. The Morgan fingerprint density at radius 2 is 1.78 bits per heavy atom. The SMILES string of the molecule is Cc1cc(C(=O)CN2C(=O)c3ccccc3S2(=O)=O)c(C)n1Cc1ccc2c(c1)OCO2. The minimum atomic E-state index is -4.04. The first-order valence-electron chi connectivity index (χ1n) is 10.0. The molecule has 0 bridgehead atoms. The van der Waals surface area contributed by atoms with Crippen molar-refractivity contribution in [3.63, 3.8) is 0 Å². The number of ketones is 1. The molecule has 1 aromatic heterocycles. The van der Waals surface area contributed by atoms with Crippen molar-refractivity contribution >= 4 is 21.7 Å². The predicted molar refractivity (Wildman–Crippen MR) is 115 cm³/mol. The molecule has 3 heterocycles. The molecule has 0 radical (unpaired) electrons. The van der Waals surface area contributed by atoms with Crippen molar-refractivity contribution in [3.8, 4) is 11.5 Å². The van der Waals surface area contributed by atoms with Crippen LogP contribution < -0.4 is 9.47 Å². The van der Waals surface area contributed by atoms with Crippen LogP contribution in [0.1, 0.15) is 37.7 Å². The van der Waals surface area contributed by atoms with E-state index < -0.39 is 28.3 Å². The summed E-state index contributed by atoms with van der Waals surface area (Å²) in [5.74, 6) is 0.268. The average molecular weight is 452 g/mol. The van der Waals surface area contributed by atoms with Crippen molar-refractivity contribution in [2.24, 2.45) is 0 Å². The predicted octanol–water partition coefficient (Wildman–Crippen LogP) is 2.91. The Labute approximate surface area is 185 Å². The van der Waals surface area contributed by atoms with Crippen molar-refractivity contribution in [1.82, 2.24) is 8.87 Å². The number of nitrogens with zero attached hydrogens (tertiary/aromatic N) is 2. The zero-order chi connectivity index (χ0) is 22.6. The third kappa shape index (κ3) is 3.08. The lowest BCUT2D eigenvalue weighted by molar-refractivity contribution is 0.0820. The Hall–Kier alpha value is -3.59. The zero-order valence-electron chi connectivity index (χ0n) is 17.5. The standard InChI is InChI=1S/C23H20N2O6S/c1-14-9-18(15(2)24(14)11-16-7-8-20-21(10-16)31-13-30-20)19(26)12-25-23(27)17-5-3-4-6-22(17)32(25,28)29/h3-10H,11-13H2,1-2H3. The van der Waals surface area contributed by atoms with E-state index in [1.807, 2.05) is 36.6 Å². The van der Waals surface area contributed by atoms with Crippen LogP contribution in [0.4, 0.5) is 0 Å². The van der Waals surface area contributed by atoms with Gasteiger partial charge in [-0.1, -0.05) is 18.2 Å². The van der Waals surface area contributed by atoms with Gasteiger partial charge in [-0.25, -0.2) is 12.7 Å². The first kappa shape index (κ1) is 20.3. The van der Waals surface area contributed by atoms with Gasteiger partial charge < -0.3 is 14.0 Å². The van der Waals surface area contributed by atoms with Gasteiger partial charge in [0.05, 0.1) is 5.56 Å². The number of hydrogen-bond acceptors (Lipinski definition) is 6. The van der Waals surface area contributed by atoms with Gasteiger partial charge in [-0.05, 0) is 49.7 Å². The Bertz CT molecular complexity index is 1390. The molecule has 2 aliphatic heterocycles. The monoisotopic (exact) mass is 452 g/mol. The summed E-state index contributed by atoms with van der Waals surface area (Å²) in [7, 11) is -4.04. The summed E-state index contributed by atoms with van der Waals surface area (Å²) >= 11 is 0. The molecular weight excluding hydrogens is 432 g/mol. The number of carbonyl (C=O) groups is 2. The number of carbonyl (C=O) groups excluding carboxylic acids is 2. The van der Waals surface area contributed by atoms with E-state index in [4.69, 9.17) is 9.47 Å². The number of Topliss-reactive ketones (excluding diaryl/α,β-unsaturated/α-hetero) is 1. The van der Waals surface area contributed by atoms with Crippen LogP contribution in [-0.4, -0.2) is 42.3 Å². The molecule has 2 aliphatic rings. The van der Waals surface area contributed by atoms with E-state index in [0.29, 0.717) is 33.6 Å². The summed E-state index contributed by atoms with van der Waals surface area (Å²) in [5.41, 5.74) is 3.01. The van der Waals surface area contributed by atoms with Crippen LogP contribution in [-0.2, 0) is 16.6 Å². The van der Waals surface area contributed by atoms with Gasteiger partial charge in [-0.3, -0.25) is 9.59 Å². The Morgan fingerprint density at radius 3 is 2.56 bits per heavy atom. The molecule has 0 N–H and O–H groups in total. The molecule has 8 nitrogen and oxygen atoms in total. The summed E-state index contributed by atoms with van der Waals surface area (Å²) in [4.78, 5) is 25.6. The number of amides is 1. The van der Waals surface area contributed by atoms with Crippen LogP contribution in [0.25, 0.3) is 0 Å². The van der Waals surface area contributed by atoms with E-state index in [0.717, 1.165) is 11.3 Å². The van der Waals surface area contributed by atoms with Gasteiger partial charge in [-0.2, -0.15) is 0 Å². The Morgan fingerprint density at radius 1 is 1.03 bits per heavy atom. The fourth-order valence-electron chi connectivity index (χ4n) is 4.15. The van der Waals surface area contributed by atoms with Crippen molar-refractivity contribution < 1.29 is 27.5 Å². The lowest BCUT2D eigenvalue weighted by atomic mass is 10.1. The highest BCUT2D eigenvalue weighted by Gasteiger charge is 2.42. The van der Waals surface area contributed by atoms with Crippen molar-refractivity contribution in [1.29, 1.82) is 0 Å². The van der Waals surface area contributed by atoms with E-state index in [1.165, 1.54) is 12.1 Å². The highest BCUT2D eigenvalue weighted by Crippen LogP contribution is 2.33. The van der Waals surface area contributed by atoms with Crippen LogP contribution in [0.5, 0.6) is 11.5 Å². The Kier molecular flexibility index (Phi) is 4.59. The maximum atomic E-state index is 13.1. The summed E-state index contributed by atoms with van der Waals surface area (Å²) in [5, 5.41) is 0. The number of fused-ring (bicyclic) bond motifs is 2. The third-order valence-electron chi connectivity index (χ3n) is 5.85. The van der Waals surface area contributed by atoms with Crippen molar-refractivity contribution in [3.05, 3.63) is 76.6 Å². The highest BCUT2D eigenvalue weighted by atomic mass is 32.2. The topological polar surface area (TPSA) is 94.9 Å². The lowest BCUT2D eigenvalue weighted by Gasteiger charge is -2.14. The zero-order valence-corrected chi connectivity index (χ0v) is 18.3. The molecule has 5 rings (SSSR count). The number of hydrogen-bond donors (Lipinski definition) is 0. The molecule has 1 amide bonds. The smallest absolute Gasteiger partial charge is 0.269 e. The molecule has 2 aromatic carbocycles. The molecule has 0 saturated heterocycles. The van der Waals surface area contributed by atoms with Gasteiger partial charge >= 0.3 is 0 Å². The van der Waals surface area contributed by atoms with E-state index in [9.17, 15) is 18.0 Å². The van der Waals surface area contributed by atoms with Gasteiger partial charge in [0.25, 0.3) is 15.9 Å². The molecule has 164 valence electrons. The molecule has 0 saturated carbocycles. The largest absolute Gasteiger partial charge is 0.454 e. The summed E-state index contributed by atoms with van der Waals surface area (Å²) < 4.78 is 39.0. The van der Waals surface area contributed by atoms with Gasteiger partial charge in [0, 0.05) is 23.5 Å². The average Bonchev–Trinajstić information content (AvgIpc) is 3.40. The molecule has 0 spiro atoms. The summed E-state index contributed by atoms with van der Waals surface area (Å²) in [6, 6.07) is 13.4. The summed E-state index contributed by atoms with van der Waals surface area (Å²) in [6.07, 6.45) is 0. The van der Waals surface area contributed by atoms with Crippen molar-refractivity contribution in [2.75, 3.05) is 13.3 Å². The second kappa shape index (κ2) is 7.23. The van der Waals surface area contributed by atoms with Gasteiger partial charge in [0.2, 0.25) is 6.79 Å². The van der Waals surface area contributed by atoms with Crippen molar-refractivity contribution in [2.45, 2.75) is 25.3 Å². The van der Waals surface area contributed by atoms with E-state index in [1.54, 1.807) is 18.2 Å². The second-order valence-corrected chi connectivity index (χ2v) is 9.63. The number of aryl methyl sites for hydroxylation is 1. The van der Waals surface area contributed by atoms with Gasteiger partial charge in [0.1, 0.15) is 11.4 Å². The fraction of sp³-hybridized carbons (Fsp3) is 0.217. The highest BCUT2D eigenvalue weighted by molar-refractivity contribution is 7.90. The number of aromatic nitrogens is 1. The fourth-order valence-corrected chi connectivity index (χ4v) is 5.68. The molecule has 0 unspecified atom stereocenters. The number of sulfonamides is 1. The van der Waals surface area contributed by atoms with E-state index >= 15 is 0 Å². The lowest BCUT2D eigenvalue weighted by Crippen LogP contribution is -2.35. The normalized spacial score (nSPS) is 15.8. The first-order chi connectivity index (χ1) is 15.3. The van der Waals surface area contributed by atoms with E-state index in [2.05, 4.69) is 0 Å². The maximum absolute atomic E-state index is 13.1. The van der Waals surface area contributed by atoms with Crippen LogP contribution in [0, 0.1) is 13.8 Å². The molecule has 0 aliphatic carbocycles. The molecule has 0 fully saturated rings. The van der Waals surface area contributed by atoms with Gasteiger partial charge in [-0.15, -0.1) is 0 Å². The minimum absolute atomic E-state index is 0.0638. The molecule has 0 atom stereocenters. The van der Waals surface area contributed by atoms with Crippen LogP contribution in [0.3, 0.4) is 0 Å². The maximum Gasteiger partial charge on any atom is 0.269 e.